The third-order valence-electron chi connectivity index (χ3n) is 5.38. The van der Waals surface area contributed by atoms with Crippen molar-refractivity contribution in [3.63, 3.8) is 0 Å². The fraction of sp³-hybridized carbons (Fsp3) is 0.500. The quantitative estimate of drug-likeness (QED) is 0.822. The molecule has 0 aliphatic carbocycles. The minimum Gasteiger partial charge on any atom is -0.372 e. The molecule has 28 heavy (non-hydrogen) atoms. The normalized spacial score (nSPS) is 26.2. The van der Waals surface area contributed by atoms with E-state index in [9.17, 15) is 17.2 Å². The molecule has 0 saturated carbocycles. The molecule has 0 radical (unpaired) electrons. The fourth-order valence-corrected chi connectivity index (χ4v) is 4.54. The highest BCUT2D eigenvalue weighted by molar-refractivity contribution is 7.89. The molecule has 1 aromatic carbocycles. The summed E-state index contributed by atoms with van der Waals surface area (Å²) in [6.45, 7) is 1.46. The number of halogens is 2. The van der Waals surface area contributed by atoms with Gasteiger partial charge in [-0.25, -0.2) is 17.2 Å². The molecule has 0 spiro atoms. The predicted molar refractivity (Wildman–Crippen MR) is 97.8 cm³/mol. The second-order valence-corrected chi connectivity index (χ2v) is 9.28. The molecule has 4 rings (SSSR count). The van der Waals surface area contributed by atoms with Crippen molar-refractivity contribution in [2.45, 2.75) is 44.1 Å². The number of fused-ring (bicyclic) bond motifs is 1. The number of benzene rings is 1. The number of nitrogens with two attached hydrogens (primary N) is 1. The van der Waals surface area contributed by atoms with Crippen molar-refractivity contribution in [1.29, 1.82) is 0 Å². The van der Waals surface area contributed by atoms with E-state index in [0.29, 0.717) is 32.5 Å². The highest BCUT2D eigenvalue weighted by Gasteiger charge is 2.35. The number of rotatable bonds is 3. The summed E-state index contributed by atoms with van der Waals surface area (Å²) in [5, 5.41) is 4.17. The second-order valence-electron chi connectivity index (χ2n) is 7.44. The Bertz CT molecular complexity index is 971. The number of hydrogen-bond donors (Lipinski definition) is 1. The lowest BCUT2D eigenvalue weighted by Crippen LogP contribution is -2.38. The number of ether oxygens (including phenoxy) is 1. The standard InChI is InChI=1S/C18H22F2N4O3S/c1-28(25,26)24-9-11-8-23(10-17(11)22-24)13-4-5-27-18(16(21)7-13)14-6-12(19)2-3-15(14)20/h2-3,6,9,13,16,18H,4-5,7-8,10,21H2,1H3/t13-,16-,18+/m0/s1. The van der Waals surface area contributed by atoms with Gasteiger partial charge in [0.15, 0.2) is 0 Å². The summed E-state index contributed by atoms with van der Waals surface area (Å²) in [6, 6.07) is 2.88. The van der Waals surface area contributed by atoms with Gasteiger partial charge in [0.25, 0.3) is 10.0 Å². The monoisotopic (exact) mass is 412 g/mol. The van der Waals surface area contributed by atoms with Gasteiger partial charge in [0, 0.05) is 49.1 Å². The molecule has 0 unspecified atom stereocenters. The molecule has 152 valence electrons. The van der Waals surface area contributed by atoms with Crippen LogP contribution in [0, 0.1) is 11.6 Å². The molecule has 2 aliphatic heterocycles. The summed E-state index contributed by atoms with van der Waals surface area (Å²) < 4.78 is 57.8. The molecular weight excluding hydrogens is 390 g/mol. The number of nitrogens with zero attached hydrogens (tertiary/aromatic N) is 3. The zero-order valence-corrected chi connectivity index (χ0v) is 16.2. The van der Waals surface area contributed by atoms with Gasteiger partial charge in [-0.2, -0.15) is 9.19 Å². The lowest BCUT2D eigenvalue weighted by molar-refractivity contribution is 0.0430. The minimum atomic E-state index is -3.40. The largest absolute Gasteiger partial charge is 0.372 e. The van der Waals surface area contributed by atoms with Gasteiger partial charge in [0.1, 0.15) is 17.7 Å². The van der Waals surface area contributed by atoms with Crippen molar-refractivity contribution in [2.24, 2.45) is 5.73 Å². The molecule has 3 atom stereocenters. The Morgan fingerprint density at radius 1 is 1.29 bits per heavy atom. The molecule has 1 aromatic heterocycles. The zero-order chi connectivity index (χ0) is 20.1. The van der Waals surface area contributed by atoms with Gasteiger partial charge in [-0.15, -0.1) is 0 Å². The van der Waals surface area contributed by atoms with Crippen LogP contribution >= 0.6 is 0 Å². The lowest BCUT2D eigenvalue weighted by atomic mass is 9.96. The molecule has 3 heterocycles. The first kappa shape index (κ1) is 19.4. The van der Waals surface area contributed by atoms with E-state index < -0.39 is 33.8 Å². The van der Waals surface area contributed by atoms with E-state index in [-0.39, 0.29) is 11.6 Å². The molecule has 1 saturated heterocycles. The number of hydrogen-bond acceptors (Lipinski definition) is 6. The fourth-order valence-electron chi connectivity index (χ4n) is 3.98. The van der Waals surface area contributed by atoms with Crippen LogP contribution in [-0.4, -0.2) is 47.4 Å². The lowest BCUT2D eigenvalue weighted by Gasteiger charge is -2.28. The van der Waals surface area contributed by atoms with E-state index in [1.807, 2.05) is 0 Å². The van der Waals surface area contributed by atoms with Crippen LogP contribution < -0.4 is 5.73 Å². The van der Waals surface area contributed by atoms with Gasteiger partial charge < -0.3 is 10.5 Å². The first-order valence-electron chi connectivity index (χ1n) is 9.06. The highest BCUT2D eigenvalue weighted by Crippen LogP contribution is 2.33. The third-order valence-corrected chi connectivity index (χ3v) is 6.25. The molecule has 1 fully saturated rings. The van der Waals surface area contributed by atoms with Gasteiger partial charge in [-0.1, -0.05) is 0 Å². The van der Waals surface area contributed by atoms with Gasteiger partial charge in [-0.3, -0.25) is 4.90 Å². The maximum absolute atomic E-state index is 14.2. The van der Waals surface area contributed by atoms with Crippen LogP contribution in [0.4, 0.5) is 8.78 Å². The Kier molecular flexibility index (Phi) is 4.98. The molecule has 2 aliphatic rings. The maximum atomic E-state index is 14.2. The van der Waals surface area contributed by atoms with Crippen molar-refractivity contribution in [1.82, 2.24) is 14.1 Å². The summed E-state index contributed by atoms with van der Waals surface area (Å²) in [5.41, 5.74) is 8.06. The van der Waals surface area contributed by atoms with Gasteiger partial charge >= 0.3 is 0 Å². The Morgan fingerprint density at radius 2 is 2.07 bits per heavy atom. The molecule has 2 aromatic rings. The SMILES string of the molecule is CS(=O)(=O)n1cc2c(n1)CN([C@H]1CCO[C@H](c3cc(F)ccc3F)[C@@H](N)C1)C2. The summed E-state index contributed by atoms with van der Waals surface area (Å²) in [4.78, 5) is 2.18. The van der Waals surface area contributed by atoms with Crippen LogP contribution in [0.1, 0.15) is 35.8 Å². The summed E-state index contributed by atoms with van der Waals surface area (Å²) in [7, 11) is -3.40. The molecule has 2 N–H and O–H groups in total. The molecule has 10 heteroatoms. The first-order chi connectivity index (χ1) is 13.2. The Hall–Kier alpha value is -1.88. The topological polar surface area (TPSA) is 90.5 Å². The Morgan fingerprint density at radius 3 is 2.79 bits per heavy atom. The number of aromatic nitrogens is 2. The predicted octanol–water partition coefficient (Wildman–Crippen LogP) is 1.53. The van der Waals surface area contributed by atoms with Crippen LogP contribution in [0.2, 0.25) is 0 Å². The van der Waals surface area contributed by atoms with Crippen molar-refractivity contribution in [3.05, 3.63) is 52.9 Å². The minimum absolute atomic E-state index is 0.0810. The van der Waals surface area contributed by atoms with E-state index in [2.05, 4.69) is 10.00 Å². The summed E-state index contributed by atoms with van der Waals surface area (Å²) in [5.74, 6) is -1.06. The molecule has 7 nitrogen and oxygen atoms in total. The Labute approximate surface area is 162 Å². The van der Waals surface area contributed by atoms with Crippen molar-refractivity contribution >= 4 is 10.0 Å². The van der Waals surface area contributed by atoms with E-state index in [0.717, 1.165) is 39.8 Å². The summed E-state index contributed by atoms with van der Waals surface area (Å²) >= 11 is 0. The van der Waals surface area contributed by atoms with E-state index in [1.165, 1.54) is 0 Å². The first-order valence-corrected chi connectivity index (χ1v) is 10.9. The molecule has 0 bridgehead atoms. The van der Waals surface area contributed by atoms with Crippen molar-refractivity contribution in [2.75, 3.05) is 12.9 Å². The smallest absolute Gasteiger partial charge is 0.250 e. The summed E-state index contributed by atoms with van der Waals surface area (Å²) in [6.07, 6.45) is 3.19. The average molecular weight is 412 g/mol. The maximum Gasteiger partial charge on any atom is 0.250 e. The third kappa shape index (κ3) is 3.69. The van der Waals surface area contributed by atoms with Gasteiger partial charge in [-0.05, 0) is 31.0 Å². The Balaban J connectivity index is 1.48. The zero-order valence-electron chi connectivity index (χ0n) is 15.4. The highest BCUT2D eigenvalue weighted by atomic mass is 32.2. The van der Waals surface area contributed by atoms with Gasteiger partial charge in [0.05, 0.1) is 11.9 Å². The molecule has 0 amide bonds. The van der Waals surface area contributed by atoms with Crippen LogP contribution in [0.3, 0.4) is 0 Å². The van der Waals surface area contributed by atoms with Crippen LogP contribution in [-0.2, 0) is 27.8 Å². The van der Waals surface area contributed by atoms with E-state index in [4.69, 9.17) is 10.5 Å². The van der Waals surface area contributed by atoms with Crippen molar-refractivity contribution in [3.8, 4) is 0 Å². The average Bonchev–Trinajstić information content (AvgIpc) is 3.13. The van der Waals surface area contributed by atoms with E-state index >= 15 is 0 Å². The van der Waals surface area contributed by atoms with Crippen LogP contribution in [0.15, 0.2) is 24.4 Å². The van der Waals surface area contributed by atoms with Crippen molar-refractivity contribution < 1.29 is 21.9 Å². The van der Waals surface area contributed by atoms with E-state index in [1.54, 1.807) is 6.20 Å². The second kappa shape index (κ2) is 7.18. The van der Waals surface area contributed by atoms with Crippen LogP contribution in [0.5, 0.6) is 0 Å². The van der Waals surface area contributed by atoms with Gasteiger partial charge in [0.2, 0.25) is 0 Å². The van der Waals surface area contributed by atoms with Crippen LogP contribution in [0.25, 0.3) is 0 Å². The molecular formula is C18H22F2N4O3S.